The number of ether oxygens (including phenoxy) is 3. The molecule has 0 amide bonds. The maximum Gasteiger partial charge on any atom is 0.341 e. The van der Waals surface area contributed by atoms with Crippen molar-refractivity contribution in [2.24, 2.45) is 18.9 Å². The number of rotatable bonds is 9. The van der Waals surface area contributed by atoms with Gasteiger partial charge in [0, 0.05) is 26.3 Å². The lowest BCUT2D eigenvalue weighted by atomic mass is 9.89. The molecule has 1 N–H and O–H groups in total. The molecule has 3 heterocycles. The molecule has 37 heavy (non-hydrogen) atoms. The van der Waals surface area contributed by atoms with E-state index >= 15 is 0 Å². The van der Waals surface area contributed by atoms with E-state index in [2.05, 4.69) is 25.3 Å². The van der Waals surface area contributed by atoms with Gasteiger partial charge >= 0.3 is 12.0 Å². The number of methoxy groups -OCH3 is 1. The zero-order valence-corrected chi connectivity index (χ0v) is 20.9. The highest BCUT2D eigenvalue weighted by atomic mass is 19.1. The van der Waals surface area contributed by atoms with E-state index in [0.29, 0.717) is 60.1 Å². The van der Waals surface area contributed by atoms with Gasteiger partial charge in [0.1, 0.15) is 23.7 Å². The summed E-state index contributed by atoms with van der Waals surface area (Å²) in [5.41, 5.74) is 1.05. The smallest absolute Gasteiger partial charge is 0.341 e. The number of aryl methyl sites for hydroxylation is 2. The van der Waals surface area contributed by atoms with Crippen molar-refractivity contribution < 1.29 is 28.5 Å². The first-order chi connectivity index (χ1) is 17.8. The Morgan fingerprint density at radius 1 is 1.24 bits per heavy atom. The second kappa shape index (κ2) is 10.0. The van der Waals surface area contributed by atoms with Gasteiger partial charge in [-0.05, 0) is 56.7 Å². The third-order valence-electron chi connectivity index (χ3n) is 7.31. The second-order valence-electron chi connectivity index (χ2n) is 9.62. The van der Waals surface area contributed by atoms with Crippen LogP contribution >= 0.6 is 0 Å². The maximum atomic E-state index is 15.0. The Hall–Kier alpha value is -3.67. The number of alkyl halides is 1. The van der Waals surface area contributed by atoms with Crippen LogP contribution in [0.25, 0.3) is 11.4 Å². The quantitative estimate of drug-likeness (QED) is 0.456. The third-order valence-corrected chi connectivity index (χ3v) is 7.31. The molecule has 0 bridgehead atoms. The summed E-state index contributed by atoms with van der Waals surface area (Å²) in [6.45, 7) is 2.31. The Kier molecular flexibility index (Phi) is 6.76. The van der Waals surface area contributed by atoms with Crippen LogP contribution in [0.2, 0.25) is 0 Å². The Bertz CT molecular complexity index is 1300. The average molecular weight is 513 g/mol. The minimum Gasteiger partial charge on any atom is -0.489 e. The number of aromatic nitrogens is 6. The van der Waals surface area contributed by atoms with Gasteiger partial charge in [0.15, 0.2) is 0 Å². The first-order valence-corrected chi connectivity index (χ1v) is 12.2. The summed E-state index contributed by atoms with van der Waals surface area (Å²) in [4.78, 5) is 24.6. The van der Waals surface area contributed by atoms with Crippen molar-refractivity contribution in [2.75, 3.05) is 7.11 Å². The number of hydrogen-bond acceptors (Lipinski definition) is 9. The average Bonchev–Trinajstić information content (AvgIpc) is 3.54. The van der Waals surface area contributed by atoms with E-state index in [-0.39, 0.29) is 31.1 Å². The van der Waals surface area contributed by atoms with Gasteiger partial charge in [0.05, 0.1) is 29.8 Å². The molecule has 196 valence electrons. The first kappa shape index (κ1) is 25.0. The molecule has 2 saturated carbocycles. The molecule has 0 saturated heterocycles. The molecule has 4 atom stereocenters. The van der Waals surface area contributed by atoms with E-state index in [1.54, 1.807) is 37.2 Å². The Morgan fingerprint density at radius 3 is 2.84 bits per heavy atom. The number of carboxylic acid groups (broad SMARTS) is 1. The van der Waals surface area contributed by atoms with E-state index in [1.807, 2.05) is 13.0 Å². The predicted octanol–water partition coefficient (Wildman–Crippen LogP) is 3.06. The van der Waals surface area contributed by atoms with Crippen LogP contribution in [0.3, 0.4) is 0 Å². The highest BCUT2D eigenvalue weighted by Crippen LogP contribution is 2.52. The topological polar surface area (TPSA) is 134 Å². The number of nitrogens with zero attached hydrogens (tertiary/aromatic N) is 6. The lowest BCUT2D eigenvalue weighted by Gasteiger charge is -2.22. The van der Waals surface area contributed by atoms with Gasteiger partial charge in [-0.3, -0.25) is 0 Å². The lowest BCUT2D eigenvalue weighted by Crippen LogP contribution is -2.38. The summed E-state index contributed by atoms with van der Waals surface area (Å²) in [6, 6.07) is 5.57. The van der Waals surface area contributed by atoms with Crippen molar-refractivity contribution in [1.29, 1.82) is 0 Å². The van der Waals surface area contributed by atoms with Crippen molar-refractivity contribution in [2.45, 2.75) is 57.6 Å². The van der Waals surface area contributed by atoms with Crippen LogP contribution in [0.15, 0.2) is 24.4 Å². The minimum atomic E-state index is -2.15. The van der Waals surface area contributed by atoms with Gasteiger partial charge in [0.25, 0.3) is 0 Å². The molecule has 2 aliphatic carbocycles. The largest absolute Gasteiger partial charge is 0.489 e. The van der Waals surface area contributed by atoms with Gasteiger partial charge < -0.3 is 19.3 Å². The Labute approximate surface area is 213 Å². The van der Waals surface area contributed by atoms with Crippen molar-refractivity contribution in [3.63, 3.8) is 0 Å². The number of aliphatic carboxylic acids is 1. The fourth-order valence-corrected chi connectivity index (χ4v) is 5.42. The molecule has 0 radical (unpaired) electrons. The lowest BCUT2D eigenvalue weighted by molar-refractivity contribution is -0.153. The van der Waals surface area contributed by atoms with Crippen molar-refractivity contribution in [3.05, 3.63) is 41.5 Å². The summed E-state index contributed by atoms with van der Waals surface area (Å²) >= 11 is 0. The number of carboxylic acids is 1. The van der Waals surface area contributed by atoms with E-state index in [0.717, 1.165) is 0 Å². The zero-order valence-electron chi connectivity index (χ0n) is 20.9. The summed E-state index contributed by atoms with van der Waals surface area (Å²) in [6.07, 6.45) is 3.04. The summed E-state index contributed by atoms with van der Waals surface area (Å²) in [5, 5.41) is 17.8. The molecule has 3 aromatic rings. The van der Waals surface area contributed by atoms with Crippen LogP contribution in [0.5, 0.6) is 11.8 Å². The molecule has 0 spiro atoms. The zero-order chi connectivity index (χ0) is 26.2. The summed E-state index contributed by atoms with van der Waals surface area (Å²) < 4.78 is 33.6. The molecule has 3 aromatic heterocycles. The van der Waals surface area contributed by atoms with Crippen molar-refractivity contribution >= 4 is 5.97 Å². The molecule has 2 aliphatic rings. The van der Waals surface area contributed by atoms with E-state index in [4.69, 9.17) is 14.2 Å². The van der Waals surface area contributed by atoms with Gasteiger partial charge in [-0.1, -0.05) is 5.21 Å². The Balaban J connectivity index is 1.28. The molecule has 11 nitrogen and oxygen atoms in total. The highest BCUT2D eigenvalue weighted by Gasteiger charge is 2.58. The van der Waals surface area contributed by atoms with Gasteiger partial charge in [-0.2, -0.15) is 4.98 Å². The van der Waals surface area contributed by atoms with Crippen LogP contribution < -0.4 is 9.47 Å². The van der Waals surface area contributed by atoms with Gasteiger partial charge in [-0.15, -0.1) is 5.10 Å². The van der Waals surface area contributed by atoms with Gasteiger partial charge in [-0.25, -0.2) is 23.8 Å². The van der Waals surface area contributed by atoms with E-state index in [9.17, 15) is 14.3 Å². The highest BCUT2D eigenvalue weighted by molar-refractivity contribution is 5.78. The molecule has 0 unspecified atom stereocenters. The number of hydrogen-bond donors (Lipinski definition) is 1. The SMILES string of the molecule is COCc1ccnc(OCc2c(-c3ccc(O[C@@H]4C[C@H]5CC[C@](F)(C(=O)O)[C@H]5C4)c(C)n3)nnn2C)n1. The van der Waals surface area contributed by atoms with Crippen LogP contribution in [0.4, 0.5) is 4.39 Å². The number of halogens is 1. The number of pyridine rings is 1. The monoisotopic (exact) mass is 512 g/mol. The van der Waals surface area contributed by atoms with Crippen LogP contribution in [-0.4, -0.2) is 59.9 Å². The van der Waals surface area contributed by atoms with E-state index in [1.165, 1.54) is 0 Å². The molecule has 2 fully saturated rings. The third kappa shape index (κ3) is 4.85. The summed E-state index contributed by atoms with van der Waals surface area (Å²) in [7, 11) is 3.36. The summed E-state index contributed by atoms with van der Waals surface area (Å²) in [5.74, 6) is -1.26. The molecule has 0 aromatic carbocycles. The molecule has 0 aliphatic heterocycles. The van der Waals surface area contributed by atoms with Crippen LogP contribution in [0, 0.1) is 18.8 Å². The van der Waals surface area contributed by atoms with Crippen LogP contribution in [0.1, 0.15) is 42.8 Å². The normalized spacial score (nSPS) is 24.7. The Morgan fingerprint density at radius 2 is 2.08 bits per heavy atom. The standard InChI is InChI=1S/C25H29FN6O5/c1-14-21(37-17-10-15-6-8-25(26,23(33)34)18(15)11-17)5-4-19(28-14)22-20(32(2)31-30-22)13-36-24-27-9-7-16(29-24)12-35-3/h4-5,7,9,15,17-18H,6,8,10-13H2,1-3H3,(H,33,34)/t15-,17-,18+,25-/m1/s1. The maximum absolute atomic E-state index is 15.0. The molecule has 5 rings (SSSR count). The first-order valence-electron chi connectivity index (χ1n) is 12.2. The fraction of sp³-hybridized carbons (Fsp3) is 0.520. The van der Waals surface area contributed by atoms with Crippen molar-refractivity contribution in [1.82, 2.24) is 29.9 Å². The molecule has 12 heteroatoms. The van der Waals surface area contributed by atoms with Crippen molar-refractivity contribution in [3.8, 4) is 23.1 Å². The van der Waals surface area contributed by atoms with E-state index < -0.39 is 17.6 Å². The van der Waals surface area contributed by atoms with Gasteiger partial charge in [0.2, 0.25) is 5.67 Å². The predicted molar refractivity (Wildman–Crippen MR) is 127 cm³/mol. The molecular formula is C25H29FN6O5. The number of fused-ring (bicyclic) bond motifs is 1. The number of carbonyl (C=O) groups is 1. The second-order valence-corrected chi connectivity index (χ2v) is 9.62. The van der Waals surface area contributed by atoms with Crippen LogP contribution in [-0.2, 0) is 29.8 Å². The molecular weight excluding hydrogens is 483 g/mol. The minimum absolute atomic E-state index is 0.0277. The fourth-order valence-electron chi connectivity index (χ4n) is 5.42.